The summed E-state index contributed by atoms with van der Waals surface area (Å²) in [7, 11) is 0. The molecule has 1 aromatic rings. The van der Waals surface area contributed by atoms with Crippen LogP contribution in [0.25, 0.3) is 0 Å². The number of aryl methyl sites for hydroxylation is 1. The van der Waals surface area contributed by atoms with Crippen LogP contribution in [0.2, 0.25) is 0 Å². The molecule has 1 aromatic heterocycles. The maximum Gasteiger partial charge on any atom is 0.215 e. The first-order valence-corrected chi connectivity index (χ1v) is 5.22. The van der Waals surface area contributed by atoms with Gasteiger partial charge in [-0.15, -0.1) is 12.4 Å². The summed E-state index contributed by atoms with van der Waals surface area (Å²) in [5, 5.41) is 7.20. The van der Waals surface area contributed by atoms with Crippen LogP contribution >= 0.6 is 12.4 Å². The predicted octanol–water partition coefficient (Wildman–Crippen LogP) is 1.96. The lowest BCUT2D eigenvalue weighted by atomic mass is 10.3. The van der Waals surface area contributed by atoms with Gasteiger partial charge in [0.2, 0.25) is 5.95 Å². The lowest BCUT2D eigenvalue weighted by molar-refractivity contribution is 0.460. The highest BCUT2D eigenvalue weighted by Gasteiger charge is 2.20. The van der Waals surface area contributed by atoms with E-state index in [0.29, 0.717) is 18.7 Å². The first kappa shape index (κ1) is 12.5. The SMILES string of the molecule is CCn1ncc(CNCC2CC2)c1F.Cl. The van der Waals surface area contributed by atoms with E-state index in [0.717, 1.165) is 12.5 Å². The van der Waals surface area contributed by atoms with E-state index in [2.05, 4.69) is 10.4 Å². The zero-order valence-electron chi connectivity index (χ0n) is 8.87. The molecule has 1 aliphatic carbocycles. The van der Waals surface area contributed by atoms with Crippen molar-refractivity contribution in [3.8, 4) is 0 Å². The molecule has 0 spiro atoms. The van der Waals surface area contributed by atoms with Gasteiger partial charge in [0.05, 0.1) is 6.20 Å². The van der Waals surface area contributed by atoms with Crippen molar-refractivity contribution >= 4 is 12.4 Å². The van der Waals surface area contributed by atoms with E-state index in [1.165, 1.54) is 17.5 Å². The van der Waals surface area contributed by atoms with Crippen LogP contribution in [0.3, 0.4) is 0 Å². The average Bonchev–Trinajstić information content (AvgIpc) is 2.93. The highest BCUT2D eigenvalue weighted by Crippen LogP contribution is 2.27. The quantitative estimate of drug-likeness (QED) is 0.843. The molecule has 5 heteroatoms. The second-order valence-electron chi connectivity index (χ2n) is 3.85. The van der Waals surface area contributed by atoms with Gasteiger partial charge in [-0.25, -0.2) is 4.68 Å². The minimum Gasteiger partial charge on any atom is -0.312 e. The van der Waals surface area contributed by atoms with Crippen molar-refractivity contribution in [3.05, 3.63) is 17.7 Å². The van der Waals surface area contributed by atoms with Gasteiger partial charge in [0.1, 0.15) is 0 Å². The van der Waals surface area contributed by atoms with Crippen LogP contribution in [0.4, 0.5) is 4.39 Å². The number of hydrogen-bond donors (Lipinski definition) is 1. The zero-order valence-corrected chi connectivity index (χ0v) is 9.69. The predicted molar refractivity (Wildman–Crippen MR) is 59.5 cm³/mol. The summed E-state index contributed by atoms with van der Waals surface area (Å²) in [6.45, 7) is 4.09. The van der Waals surface area contributed by atoms with Crippen molar-refractivity contribution in [1.82, 2.24) is 15.1 Å². The van der Waals surface area contributed by atoms with E-state index < -0.39 is 0 Å². The Labute approximate surface area is 95.5 Å². The zero-order chi connectivity index (χ0) is 9.97. The first-order chi connectivity index (χ1) is 6.81. The number of rotatable bonds is 5. The van der Waals surface area contributed by atoms with Gasteiger partial charge in [-0.2, -0.15) is 9.49 Å². The molecule has 1 saturated carbocycles. The first-order valence-electron chi connectivity index (χ1n) is 5.22. The molecule has 1 aliphatic rings. The second kappa shape index (κ2) is 5.47. The van der Waals surface area contributed by atoms with Crippen molar-refractivity contribution in [2.75, 3.05) is 6.54 Å². The van der Waals surface area contributed by atoms with Gasteiger partial charge in [0, 0.05) is 18.7 Å². The molecule has 0 radical (unpaired) electrons. The Kier molecular flexibility index (Phi) is 4.54. The van der Waals surface area contributed by atoms with Gasteiger partial charge in [-0.1, -0.05) is 0 Å². The van der Waals surface area contributed by atoms with Crippen molar-refractivity contribution < 1.29 is 4.39 Å². The Hall–Kier alpha value is -0.610. The summed E-state index contributed by atoms with van der Waals surface area (Å²) in [6, 6.07) is 0. The third-order valence-electron chi connectivity index (χ3n) is 2.59. The Bertz CT molecular complexity index is 310. The number of nitrogens with zero attached hydrogens (tertiary/aromatic N) is 2. The van der Waals surface area contributed by atoms with Crippen LogP contribution in [0.1, 0.15) is 25.3 Å². The molecule has 0 bridgehead atoms. The standard InChI is InChI=1S/C10H16FN3.ClH/c1-2-14-10(11)9(7-13-14)6-12-5-8-3-4-8;/h7-8,12H,2-6H2,1H3;1H. The van der Waals surface area contributed by atoms with E-state index in [4.69, 9.17) is 0 Å². The van der Waals surface area contributed by atoms with Gasteiger partial charge in [0.15, 0.2) is 0 Å². The number of aromatic nitrogens is 2. The summed E-state index contributed by atoms with van der Waals surface area (Å²) < 4.78 is 14.8. The van der Waals surface area contributed by atoms with Crippen LogP contribution in [0.5, 0.6) is 0 Å². The van der Waals surface area contributed by atoms with Gasteiger partial charge in [0.25, 0.3) is 0 Å². The molecular weight excluding hydrogens is 217 g/mol. The summed E-state index contributed by atoms with van der Waals surface area (Å²) >= 11 is 0. The highest BCUT2D eigenvalue weighted by molar-refractivity contribution is 5.85. The fraction of sp³-hybridized carbons (Fsp3) is 0.700. The average molecular weight is 234 g/mol. The van der Waals surface area contributed by atoms with Crippen LogP contribution in [0, 0.1) is 11.9 Å². The van der Waals surface area contributed by atoms with Gasteiger partial charge in [-0.05, 0) is 32.2 Å². The molecule has 1 fully saturated rings. The van der Waals surface area contributed by atoms with Gasteiger partial charge < -0.3 is 5.32 Å². The van der Waals surface area contributed by atoms with Crippen LogP contribution in [-0.4, -0.2) is 16.3 Å². The van der Waals surface area contributed by atoms with Crippen molar-refractivity contribution in [2.45, 2.75) is 32.9 Å². The number of nitrogens with one attached hydrogen (secondary N) is 1. The molecular formula is C10H17ClFN3. The molecule has 0 unspecified atom stereocenters. The van der Waals surface area contributed by atoms with E-state index in [9.17, 15) is 4.39 Å². The lowest BCUT2D eigenvalue weighted by Crippen LogP contribution is -2.16. The molecule has 86 valence electrons. The molecule has 0 aromatic carbocycles. The Balaban J connectivity index is 0.00000112. The smallest absolute Gasteiger partial charge is 0.215 e. The van der Waals surface area contributed by atoms with E-state index in [-0.39, 0.29) is 18.4 Å². The Morgan fingerprint density at radius 3 is 2.87 bits per heavy atom. The van der Waals surface area contributed by atoms with Crippen molar-refractivity contribution in [3.63, 3.8) is 0 Å². The maximum absolute atomic E-state index is 13.4. The lowest BCUT2D eigenvalue weighted by Gasteiger charge is -2.01. The van der Waals surface area contributed by atoms with E-state index in [1.54, 1.807) is 6.20 Å². The minimum absolute atomic E-state index is 0. The normalized spacial score (nSPS) is 15.1. The fourth-order valence-electron chi connectivity index (χ4n) is 1.48. The van der Waals surface area contributed by atoms with Gasteiger partial charge in [-0.3, -0.25) is 0 Å². The number of halogens is 2. The van der Waals surface area contributed by atoms with Crippen molar-refractivity contribution in [2.24, 2.45) is 5.92 Å². The highest BCUT2D eigenvalue weighted by atomic mass is 35.5. The monoisotopic (exact) mass is 233 g/mol. The summed E-state index contributed by atoms with van der Waals surface area (Å²) in [4.78, 5) is 0. The van der Waals surface area contributed by atoms with Crippen LogP contribution in [-0.2, 0) is 13.1 Å². The minimum atomic E-state index is -0.198. The summed E-state index contributed by atoms with van der Waals surface area (Å²) in [5.41, 5.74) is 0.674. The third-order valence-corrected chi connectivity index (χ3v) is 2.59. The molecule has 0 saturated heterocycles. The van der Waals surface area contributed by atoms with Crippen LogP contribution in [0.15, 0.2) is 6.20 Å². The van der Waals surface area contributed by atoms with Crippen molar-refractivity contribution in [1.29, 1.82) is 0 Å². The van der Waals surface area contributed by atoms with E-state index in [1.807, 2.05) is 6.92 Å². The maximum atomic E-state index is 13.4. The Morgan fingerprint density at radius 2 is 2.33 bits per heavy atom. The molecule has 2 rings (SSSR count). The fourth-order valence-corrected chi connectivity index (χ4v) is 1.48. The van der Waals surface area contributed by atoms with Gasteiger partial charge >= 0.3 is 0 Å². The third kappa shape index (κ3) is 3.18. The topological polar surface area (TPSA) is 29.9 Å². The molecule has 1 heterocycles. The molecule has 0 atom stereocenters. The van der Waals surface area contributed by atoms with Crippen LogP contribution < -0.4 is 5.32 Å². The van der Waals surface area contributed by atoms with E-state index >= 15 is 0 Å². The molecule has 15 heavy (non-hydrogen) atoms. The molecule has 0 amide bonds. The summed E-state index contributed by atoms with van der Waals surface area (Å²) in [6.07, 6.45) is 4.26. The molecule has 1 N–H and O–H groups in total. The number of hydrogen-bond acceptors (Lipinski definition) is 2. The molecule has 3 nitrogen and oxygen atoms in total. The molecule has 0 aliphatic heterocycles. The summed E-state index contributed by atoms with van der Waals surface area (Å²) in [5.74, 6) is 0.634. The Morgan fingerprint density at radius 1 is 1.60 bits per heavy atom. The largest absolute Gasteiger partial charge is 0.312 e. The second-order valence-corrected chi connectivity index (χ2v) is 3.85.